The van der Waals surface area contributed by atoms with Gasteiger partial charge >= 0.3 is 0 Å². The zero-order chi connectivity index (χ0) is 37.5. The highest BCUT2D eigenvalue weighted by molar-refractivity contribution is 7.26. The van der Waals surface area contributed by atoms with Crippen LogP contribution in [0.25, 0.3) is 119 Å². The lowest BCUT2D eigenvalue weighted by Gasteiger charge is -2.08. The molecule has 0 aliphatic rings. The van der Waals surface area contributed by atoms with E-state index in [4.69, 9.17) is 29.3 Å². The number of fused-ring (bicyclic) bond motifs is 9. The molecule has 12 aromatic rings. The van der Waals surface area contributed by atoms with Crippen molar-refractivity contribution >= 4 is 85.1 Å². The zero-order valence-electron chi connectivity index (χ0n) is 30.0. The van der Waals surface area contributed by atoms with E-state index in [1.807, 2.05) is 60.7 Å². The van der Waals surface area contributed by atoms with E-state index in [9.17, 15) is 0 Å². The highest BCUT2D eigenvalue weighted by Crippen LogP contribution is 2.44. The summed E-state index contributed by atoms with van der Waals surface area (Å²) in [6.07, 6.45) is 0. The topological polar surface area (TPSA) is 77.6 Å². The zero-order valence-corrected chi connectivity index (χ0v) is 31.7. The highest BCUT2D eigenvalue weighted by atomic mass is 32.1. The first-order chi connectivity index (χ1) is 28.2. The number of para-hydroxylation sites is 1. The van der Waals surface area contributed by atoms with Crippen molar-refractivity contribution < 1.29 is 4.42 Å². The molecule has 266 valence electrons. The van der Waals surface area contributed by atoms with Crippen LogP contribution in [-0.4, -0.2) is 24.9 Å². The molecule has 0 radical (unpaired) electrons. The molecule has 5 heterocycles. The van der Waals surface area contributed by atoms with Gasteiger partial charge in [0.1, 0.15) is 11.2 Å². The first-order valence-corrected chi connectivity index (χ1v) is 20.3. The minimum absolute atomic E-state index is 0.586. The molecular weight excluding hydrogens is 739 g/mol. The summed E-state index contributed by atoms with van der Waals surface area (Å²) in [6, 6.07) is 56.2. The number of aromatic nitrogens is 5. The van der Waals surface area contributed by atoms with Crippen molar-refractivity contribution in [2.75, 3.05) is 0 Å². The third kappa shape index (κ3) is 5.26. The maximum atomic E-state index is 6.25. The SMILES string of the molecule is c1ccc(-c2nc(-c3ccc4c(c3)oc3ccccc34)nc(-c3ccc4c(c3)sc3c(-c5nc(-c6ccccc6)c6sc7ccccc7c6n5)cccc34)n2)cc1. The molecule has 0 unspecified atom stereocenters. The molecule has 7 aromatic carbocycles. The van der Waals surface area contributed by atoms with Crippen LogP contribution in [0.5, 0.6) is 0 Å². The Morgan fingerprint density at radius 1 is 0.351 bits per heavy atom. The van der Waals surface area contributed by atoms with Gasteiger partial charge in [0, 0.05) is 68.8 Å². The summed E-state index contributed by atoms with van der Waals surface area (Å²) in [7, 11) is 0. The number of rotatable bonds is 5. The third-order valence-electron chi connectivity index (χ3n) is 10.6. The van der Waals surface area contributed by atoms with E-state index in [-0.39, 0.29) is 0 Å². The summed E-state index contributed by atoms with van der Waals surface area (Å²) in [6.45, 7) is 0. The number of hydrogen-bond donors (Lipinski definition) is 0. The lowest BCUT2D eigenvalue weighted by molar-refractivity contribution is 0.669. The normalized spacial score (nSPS) is 11.9. The highest BCUT2D eigenvalue weighted by Gasteiger charge is 2.20. The van der Waals surface area contributed by atoms with Gasteiger partial charge in [0.05, 0.1) is 15.9 Å². The summed E-state index contributed by atoms with van der Waals surface area (Å²) in [5.74, 6) is 2.52. The number of thiophene rings is 2. The number of hydrogen-bond acceptors (Lipinski definition) is 8. The van der Waals surface area contributed by atoms with Gasteiger partial charge in [-0.3, -0.25) is 0 Å². The monoisotopic (exact) mass is 765 g/mol. The second-order valence-corrected chi connectivity index (χ2v) is 16.1. The van der Waals surface area contributed by atoms with Gasteiger partial charge in [-0.25, -0.2) is 24.9 Å². The Kier molecular flexibility index (Phi) is 7.17. The van der Waals surface area contributed by atoms with Crippen molar-refractivity contribution in [3.63, 3.8) is 0 Å². The molecule has 8 heteroatoms. The Balaban J connectivity index is 1.02. The predicted octanol–water partition coefficient (Wildman–Crippen LogP) is 13.6. The van der Waals surface area contributed by atoms with Gasteiger partial charge in [0.25, 0.3) is 0 Å². The van der Waals surface area contributed by atoms with Gasteiger partial charge < -0.3 is 4.42 Å². The standard InChI is InChI=1S/C49H27N5OS2/c1-3-12-28(13-4-1)42-45-43(36-17-8-10-21-40(36)56-45)51-49(50-42)37-19-11-18-35-34-25-23-31(27-41(34)57-44(35)37)48-53-46(29-14-5-2-6-15-29)52-47(54-48)30-22-24-33-32-16-7-9-20-38(32)55-39(33)26-30/h1-27H. The van der Waals surface area contributed by atoms with Gasteiger partial charge in [-0.05, 0) is 36.4 Å². The van der Waals surface area contributed by atoms with Crippen LogP contribution in [0.2, 0.25) is 0 Å². The molecule has 0 saturated heterocycles. The van der Waals surface area contributed by atoms with Crippen LogP contribution in [-0.2, 0) is 0 Å². The molecule has 0 atom stereocenters. The molecule has 6 nitrogen and oxygen atoms in total. The predicted molar refractivity (Wildman–Crippen MR) is 236 cm³/mol. The molecule has 0 N–H and O–H groups in total. The average Bonchev–Trinajstić information content (AvgIpc) is 3.97. The van der Waals surface area contributed by atoms with Crippen molar-refractivity contribution in [1.82, 2.24) is 24.9 Å². The van der Waals surface area contributed by atoms with Gasteiger partial charge in [0.15, 0.2) is 23.3 Å². The second-order valence-electron chi connectivity index (χ2n) is 14.0. The van der Waals surface area contributed by atoms with Gasteiger partial charge in [-0.2, -0.15) is 0 Å². The Hall–Kier alpha value is -7.13. The smallest absolute Gasteiger partial charge is 0.164 e. The maximum Gasteiger partial charge on any atom is 0.164 e. The summed E-state index contributed by atoms with van der Waals surface area (Å²) in [5.41, 5.74) is 8.38. The fourth-order valence-corrected chi connectivity index (χ4v) is 10.2. The van der Waals surface area contributed by atoms with E-state index in [1.54, 1.807) is 22.7 Å². The van der Waals surface area contributed by atoms with Crippen LogP contribution in [0.3, 0.4) is 0 Å². The summed E-state index contributed by atoms with van der Waals surface area (Å²) in [5, 5.41) is 5.63. The van der Waals surface area contributed by atoms with Crippen molar-refractivity contribution in [3.05, 3.63) is 164 Å². The van der Waals surface area contributed by atoms with Crippen LogP contribution >= 0.6 is 22.7 Å². The van der Waals surface area contributed by atoms with E-state index in [2.05, 4.69) is 103 Å². The first kappa shape index (κ1) is 32.1. The molecule has 12 rings (SSSR count). The quantitative estimate of drug-likeness (QED) is 0.174. The first-order valence-electron chi connectivity index (χ1n) is 18.7. The van der Waals surface area contributed by atoms with Crippen molar-refractivity contribution in [2.24, 2.45) is 0 Å². The number of benzene rings is 7. The lowest BCUT2D eigenvalue weighted by Crippen LogP contribution is -2.00. The number of nitrogens with zero attached hydrogens (tertiary/aromatic N) is 5. The molecule has 5 aromatic heterocycles. The number of furan rings is 1. The maximum absolute atomic E-state index is 6.25. The second kappa shape index (κ2) is 12.7. The van der Waals surface area contributed by atoms with Crippen LogP contribution in [0.4, 0.5) is 0 Å². The Morgan fingerprint density at radius 3 is 1.77 bits per heavy atom. The Labute approximate surface area is 333 Å². The van der Waals surface area contributed by atoms with Crippen LogP contribution < -0.4 is 0 Å². The van der Waals surface area contributed by atoms with Gasteiger partial charge in [-0.1, -0.05) is 127 Å². The minimum Gasteiger partial charge on any atom is -0.456 e. The summed E-state index contributed by atoms with van der Waals surface area (Å²) < 4.78 is 10.8. The Bertz CT molecular complexity index is 3540. The van der Waals surface area contributed by atoms with Gasteiger partial charge in [0.2, 0.25) is 0 Å². The lowest BCUT2D eigenvalue weighted by atomic mass is 10.1. The molecular formula is C49H27N5OS2. The molecule has 0 saturated carbocycles. The minimum atomic E-state index is 0.586. The molecule has 0 aliphatic heterocycles. The van der Waals surface area contributed by atoms with E-state index >= 15 is 0 Å². The van der Waals surface area contributed by atoms with Crippen molar-refractivity contribution in [3.8, 4) is 56.8 Å². The fraction of sp³-hybridized carbons (Fsp3) is 0. The molecule has 0 spiro atoms. The van der Waals surface area contributed by atoms with Crippen molar-refractivity contribution in [1.29, 1.82) is 0 Å². The summed E-state index contributed by atoms with van der Waals surface area (Å²) >= 11 is 3.50. The fourth-order valence-electron chi connectivity index (χ4n) is 7.83. The molecule has 0 aliphatic carbocycles. The molecule has 0 amide bonds. The van der Waals surface area contributed by atoms with E-state index in [0.717, 1.165) is 86.3 Å². The summed E-state index contributed by atoms with van der Waals surface area (Å²) in [4.78, 5) is 25.7. The van der Waals surface area contributed by atoms with Crippen LogP contribution in [0, 0.1) is 0 Å². The van der Waals surface area contributed by atoms with Gasteiger partial charge in [-0.15, -0.1) is 22.7 Å². The largest absolute Gasteiger partial charge is 0.456 e. The average molecular weight is 766 g/mol. The molecule has 0 fully saturated rings. The van der Waals surface area contributed by atoms with Crippen molar-refractivity contribution in [2.45, 2.75) is 0 Å². The third-order valence-corrected chi connectivity index (χ3v) is 12.9. The van der Waals surface area contributed by atoms with E-state index in [0.29, 0.717) is 17.5 Å². The van der Waals surface area contributed by atoms with E-state index in [1.165, 1.54) is 15.5 Å². The van der Waals surface area contributed by atoms with Crippen LogP contribution in [0.15, 0.2) is 168 Å². The Morgan fingerprint density at radius 2 is 0.965 bits per heavy atom. The van der Waals surface area contributed by atoms with E-state index < -0.39 is 0 Å². The molecule has 57 heavy (non-hydrogen) atoms. The molecule has 0 bridgehead atoms. The van der Waals surface area contributed by atoms with Crippen LogP contribution in [0.1, 0.15) is 0 Å².